The van der Waals surface area contributed by atoms with E-state index in [0.29, 0.717) is 35.7 Å². The number of aliphatic carboxylic acids is 1. The highest BCUT2D eigenvalue weighted by Gasteiger charge is 2.23. The first-order valence-corrected chi connectivity index (χ1v) is 9.21. The number of carboxylic acid groups (broad SMARTS) is 1. The maximum absolute atomic E-state index is 12.6. The highest BCUT2D eigenvalue weighted by Crippen LogP contribution is 2.23. The molecule has 1 unspecified atom stereocenters. The molecule has 0 bridgehead atoms. The number of nitrogens with one attached hydrogen (secondary N) is 2. The van der Waals surface area contributed by atoms with E-state index < -0.39 is 18.7 Å². The minimum Gasteiger partial charge on any atom is -0.482 e. The highest BCUT2D eigenvalue weighted by molar-refractivity contribution is 6.06. The van der Waals surface area contributed by atoms with Crippen LogP contribution >= 0.6 is 0 Å². The second-order valence-corrected chi connectivity index (χ2v) is 6.68. The van der Waals surface area contributed by atoms with Crippen molar-refractivity contribution in [3.8, 4) is 5.75 Å². The average Bonchev–Trinajstić information content (AvgIpc) is 3.23. The topological polar surface area (TPSA) is 114 Å². The van der Waals surface area contributed by atoms with Crippen molar-refractivity contribution in [2.24, 2.45) is 0 Å². The molecule has 1 fully saturated rings. The van der Waals surface area contributed by atoms with E-state index in [1.807, 2.05) is 0 Å². The predicted molar refractivity (Wildman–Crippen MR) is 106 cm³/mol. The van der Waals surface area contributed by atoms with Gasteiger partial charge >= 0.3 is 5.97 Å². The lowest BCUT2D eigenvalue weighted by Crippen LogP contribution is -2.27. The van der Waals surface area contributed by atoms with Gasteiger partial charge in [0.05, 0.1) is 0 Å². The zero-order valence-electron chi connectivity index (χ0n) is 15.9. The Bertz CT molecular complexity index is 921. The van der Waals surface area contributed by atoms with Crippen LogP contribution in [0.2, 0.25) is 0 Å². The molecule has 29 heavy (non-hydrogen) atoms. The number of carboxylic acids is 1. The number of hydrogen-bond acceptors (Lipinski definition) is 5. The Labute approximate surface area is 167 Å². The van der Waals surface area contributed by atoms with E-state index in [1.165, 1.54) is 0 Å². The van der Waals surface area contributed by atoms with Crippen molar-refractivity contribution in [1.82, 2.24) is 0 Å². The molecule has 2 amide bonds. The summed E-state index contributed by atoms with van der Waals surface area (Å²) in [6.45, 7) is 1.93. The number of hydrogen-bond donors (Lipinski definition) is 3. The maximum atomic E-state index is 12.6. The molecule has 152 valence electrons. The molecule has 1 aliphatic heterocycles. The van der Waals surface area contributed by atoms with E-state index in [9.17, 15) is 14.4 Å². The zero-order valence-corrected chi connectivity index (χ0v) is 15.9. The molecule has 1 atom stereocenters. The number of aryl methyl sites for hydroxylation is 1. The van der Waals surface area contributed by atoms with Gasteiger partial charge in [-0.1, -0.05) is 6.07 Å². The fourth-order valence-corrected chi connectivity index (χ4v) is 2.95. The van der Waals surface area contributed by atoms with Gasteiger partial charge in [-0.15, -0.1) is 0 Å². The Morgan fingerprint density at radius 3 is 2.69 bits per heavy atom. The summed E-state index contributed by atoms with van der Waals surface area (Å²) in [6.07, 6.45) is 1.11. The zero-order chi connectivity index (χ0) is 20.8. The lowest BCUT2D eigenvalue weighted by atomic mass is 10.1. The second-order valence-electron chi connectivity index (χ2n) is 6.68. The van der Waals surface area contributed by atoms with Crippen molar-refractivity contribution in [2.45, 2.75) is 25.9 Å². The smallest absolute Gasteiger partial charge is 0.341 e. The van der Waals surface area contributed by atoms with Crippen molar-refractivity contribution in [2.75, 3.05) is 23.8 Å². The molecular weight excluding hydrogens is 376 g/mol. The van der Waals surface area contributed by atoms with E-state index in [-0.39, 0.29) is 11.8 Å². The van der Waals surface area contributed by atoms with Gasteiger partial charge in [0.25, 0.3) is 11.8 Å². The Kier molecular flexibility index (Phi) is 6.46. The molecule has 0 saturated carbocycles. The number of amides is 2. The number of rotatable bonds is 7. The van der Waals surface area contributed by atoms with E-state index >= 15 is 0 Å². The minimum atomic E-state index is -1.06. The number of carbonyl (C=O) groups excluding carboxylic acids is 2. The number of ether oxygens (including phenoxy) is 2. The molecule has 0 aromatic heterocycles. The summed E-state index contributed by atoms with van der Waals surface area (Å²) in [5, 5.41) is 14.2. The summed E-state index contributed by atoms with van der Waals surface area (Å²) >= 11 is 0. The Balaban J connectivity index is 1.64. The van der Waals surface area contributed by atoms with Crippen LogP contribution in [0, 0.1) is 6.92 Å². The third kappa shape index (κ3) is 5.55. The highest BCUT2D eigenvalue weighted by atomic mass is 16.5. The lowest BCUT2D eigenvalue weighted by Gasteiger charge is -2.13. The van der Waals surface area contributed by atoms with Gasteiger partial charge < -0.3 is 25.2 Å². The van der Waals surface area contributed by atoms with Crippen LogP contribution in [-0.2, 0) is 14.3 Å². The van der Waals surface area contributed by atoms with Gasteiger partial charge in [0.15, 0.2) is 6.61 Å². The molecule has 3 rings (SSSR count). The van der Waals surface area contributed by atoms with Crippen LogP contribution in [0.3, 0.4) is 0 Å². The maximum Gasteiger partial charge on any atom is 0.341 e. The summed E-state index contributed by atoms with van der Waals surface area (Å²) in [6, 6.07) is 11.5. The van der Waals surface area contributed by atoms with Crippen molar-refractivity contribution < 1.29 is 29.0 Å². The van der Waals surface area contributed by atoms with Crippen molar-refractivity contribution >= 4 is 29.2 Å². The van der Waals surface area contributed by atoms with E-state index in [4.69, 9.17) is 14.6 Å². The standard InChI is InChI=1S/C21H22N2O6/c1-13-10-16(29-12-19(24)25)7-8-17(13)23-20(26)14-4-2-5-15(11-14)22-21(27)18-6-3-9-28-18/h2,4-5,7-8,10-11,18H,3,6,9,12H2,1H3,(H,22,27)(H,23,26)(H,24,25). The fraction of sp³-hybridized carbons (Fsp3) is 0.286. The summed E-state index contributed by atoms with van der Waals surface area (Å²) in [4.78, 5) is 35.4. The van der Waals surface area contributed by atoms with Crippen LogP contribution in [0.1, 0.15) is 28.8 Å². The third-order valence-electron chi connectivity index (χ3n) is 4.42. The number of carbonyl (C=O) groups is 3. The molecule has 1 aliphatic rings. The van der Waals surface area contributed by atoms with Gasteiger partial charge in [-0.05, 0) is 61.7 Å². The monoisotopic (exact) mass is 398 g/mol. The van der Waals surface area contributed by atoms with Gasteiger partial charge in [-0.3, -0.25) is 9.59 Å². The molecule has 8 nitrogen and oxygen atoms in total. The molecule has 3 N–H and O–H groups in total. The van der Waals surface area contributed by atoms with Gasteiger partial charge in [0, 0.05) is 23.5 Å². The van der Waals surface area contributed by atoms with Crippen LogP contribution in [0.5, 0.6) is 5.75 Å². The molecule has 0 aliphatic carbocycles. The van der Waals surface area contributed by atoms with Crippen molar-refractivity contribution in [3.63, 3.8) is 0 Å². The van der Waals surface area contributed by atoms with Gasteiger partial charge in [0.1, 0.15) is 11.9 Å². The average molecular weight is 398 g/mol. The van der Waals surface area contributed by atoms with Gasteiger partial charge in [-0.25, -0.2) is 4.79 Å². The molecule has 2 aromatic carbocycles. The van der Waals surface area contributed by atoms with Crippen LogP contribution in [0.25, 0.3) is 0 Å². The summed E-state index contributed by atoms with van der Waals surface area (Å²) in [5.41, 5.74) is 2.21. The normalized spacial score (nSPS) is 15.6. The molecule has 2 aromatic rings. The molecule has 1 heterocycles. The summed E-state index contributed by atoms with van der Waals surface area (Å²) in [7, 11) is 0. The van der Waals surface area contributed by atoms with Crippen LogP contribution in [-0.4, -0.2) is 42.2 Å². The lowest BCUT2D eigenvalue weighted by molar-refractivity contribution is -0.139. The second kappa shape index (κ2) is 9.20. The SMILES string of the molecule is Cc1cc(OCC(=O)O)ccc1NC(=O)c1cccc(NC(=O)C2CCCO2)c1. The summed E-state index contributed by atoms with van der Waals surface area (Å²) < 4.78 is 10.5. The summed E-state index contributed by atoms with van der Waals surface area (Å²) in [5.74, 6) is -1.21. The first kappa shape index (κ1) is 20.3. The minimum absolute atomic E-state index is 0.215. The fourth-order valence-electron chi connectivity index (χ4n) is 2.95. The molecule has 1 saturated heterocycles. The van der Waals surface area contributed by atoms with Crippen LogP contribution in [0.15, 0.2) is 42.5 Å². The largest absolute Gasteiger partial charge is 0.482 e. The van der Waals surface area contributed by atoms with Crippen molar-refractivity contribution in [3.05, 3.63) is 53.6 Å². The Hall–Kier alpha value is -3.39. The first-order chi connectivity index (χ1) is 13.9. The molecule has 8 heteroatoms. The van der Waals surface area contributed by atoms with Crippen LogP contribution in [0.4, 0.5) is 11.4 Å². The number of anilines is 2. The Morgan fingerprint density at radius 1 is 1.17 bits per heavy atom. The quantitative estimate of drug-likeness (QED) is 0.661. The molecule has 0 spiro atoms. The van der Waals surface area contributed by atoms with E-state index in [0.717, 1.165) is 12.0 Å². The van der Waals surface area contributed by atoms with Gasteiger partial charge in [0.2, 0.25) is 0 Å². The van der Waals surface area contributed by atoms with Crippen LogP contribution < -0.4 is 15.4 Å². The van der Waals surface area contributed by atoms with E-state index in [1.54, 1.807) is 49.4 Å². The van der Waals surface area contributed by atoms with E-state index in [2.05, 4.69) is 10.6 Å². The molecular formula is C21H22N2O6. The first-order valence-electron chi connectivity index (χ1n) is 9.21. The predicted octanol–water partition coefficient (Wildman–Crippen LogP) is 2.83. The van der Waals surface area contributed by atoms with Crippen molar-refractivity contribution in [1.29, 1.82) is 0 Å². The third-order valence-corrected chi connectivity index (χ3v) is 4.42. The molecule has 0 radical (unpaired) electrons. The van der Waals surface area contributed by atoms with Gasteiger partial charge in [-0.2, -0.15) is 0 Å². The Morgan fingerprint density at radius 2 is 2.00 bits per heavy atom. The number of benzene rings is 2.